The van der Waals surface area contributed by atoms with Gasteiger partial charge in [-0.05, 0) is 61.4 Å². The van der Waals surface area contributed by atoms with E-state index in [2.05, 4.69) is 21.3 Å². The maximum atomic E-state index is 13.8. The molecule has 4 rings (SSSR count). The summed E-state index contributed by atoms with van der Waals surface area (Å²) in [5.74, 6) is -1.03. The number of hydrogen-bond donors (Lipinski definition) is 4. The third-order valence-corrected chi connectivity index (χ3v) is 9.10. The smallest absolute Gasteiger partial charge is 0.255 e. The molecule has 3 aromatic carbocycles. The van der Waals surface area contributed by atoms with E-state index >= 15 is 0 Å². The first-order valence-electron chi connectivity index (χ1n) is 19.0. The molecule has 1 heterocycles. The zero-order chi connectivity index (χ0) is 38.7. The number of amides is 5. The highest BCUT2D eigenvalue weighted by Gasteiger charge is 2.30. The van der Waals surface area contributed by atoms with Crippen molar-refractivity contribution in [2.75, 3.05) is 33.4 Å². The monoisotopic (exact) mass is 741 g/mol. The predicted molar refractivity (Wildman–Crippen MR) is 207 cm³/mol. The van der Waals surface area contributed by atoms with Crippen LogP contribution in [0.5, 0.6) is 11.5 Å². The van der Waals surface area contributed by atoms with Gasteiger partial charge in [-0.15, -0.1) is 0 Å². The van der Waals surface area contributed by atoms with Gasteiger partial charge in [0.15, 0.2) is 0 Å². The number of hydrogen-bond acceptors (Lipinski definition) is 7. The van der Waals surface area contributed by atoms with Crippen molar-refractivity contribution < 1.29 is 33.4 Å². The summed E-state index contributed by atoms with van der Waals surface area (Å²) in [5, 5.41) is 11.4. The lowest BCUT2D eigenvalue weighted by molar-refractivity contribution is -0.136. The van der Waals surface area contributed by atoms with Gasteiger partial charge in [-0.25, -0.2) is 0 Å². The quantitative estimate of drug-likeness (QED) is 0.237. The molecule has 0 aliphatic carbocycles. The van der Waals surface area contributed by atoms with Crippen LogP contribution < -0.4 is 30.7 Å². The number of carbonyl (C=O) groups is 5. The molecule has 5 amide bonds. The van der Waals surface area contributed by atoms with E-state index < -0.39 is 41.8 Å². The minimum Gasteiger partial charge on any atom is -0.493 e. The van der Waals surface area contributed by atoms with Crippen LogP contribution in [0.25, 0.3) is 0 Å². The summed E-state index contributed by atoms with van der Waals surface area (Å²) in [5.41, 5.74) is 1.17. The van der Waals surface area contributed by atoms with Gasteiger partial charge in [-0.3, -0.25) is 24.0 Å². The number of nitrogens with one attached hydrogen (secondary N) is 4. The summed E-state index contributed by atoms with van der Waals surface area (Å²) in [6.45, 7) is 5.16. The van der Waals surface area contributed by atoms with Gasteiger partial charge in [0.25, 0.3) is 5.91 Å². The van der Waals surface area contributed by atoms with Crippen molar-refractivity contribution in [3.05, 3.63) is 96.1 Å². The van der Waals surface area contributed by atoms with Gasteiger partial charge in [-0.1, -0.05) is 87.4 Å². The van der Waals surface area contributed by atoms with Crippen LogP contribution >= 0.6 is 0 Å². The highest BCUT2D eigenvalue weighted by molar-refractivity contribution is 6.00. The molecule has 0 saturated heterocycles. The Morgan fingerprint density at radius 1 is 0.852 bits per heavy atom. The zero-order valence-corrected chi connectivity index (χ0v) is 31.7. The predicted octanol–water partition coefficient (Wildman–Crippen LogP) is 4.43. The number of carbonyl (C=O) groups excluding carboxylic acids is 5. The van der Waals surface area contributed by atoms with E-state index in [0.717, 1.165) is 31.2 Å². The van der Waals surface area contributed by atoms with Gasteiger partial charge in [0, 0.05) is 26.4 Å². The van der Waals surface area contributed by atoms with Crippen molar-refractivity contribution in [2.45, 2.75) is 83.3 Å². The zero-order valence-electron chi connectivity index (χ0n) is 31.7. The molecule has 12 nitrogen and oxygen atoms in total. The largest absolute Gasteiger partial charge is 0.493 e. The summed E-state index contributed by atoms with van der Waals surface area (Å²) in [6.07, 6.45) is 3.64. The van der Waals surface area contributed by atoms with Crippen LogP contribution in [-0.4, -0.2) is 85.9 Å². The molecule has 0 bridgehead atoms. The van der Waals surface area contributed by atoms with Gasteiger partial charge in [0.2, 0.25) is 23.6 Å². The minimum atomic E-state index is -1.08. The van der Waals surface area contributed by atoms with Crippen molar-refractivity contribution >= 4 is 29.5 Å². The first-order valence-corrected chi connectivity index (χ1v) is 19.0. The van der Waals surface area contributed by atoms with Gasteiger partial charge < -0.3 is 35.6 Å². The molecule has 3 atom stereocenters. The van der Waals surface area contributed by atoms with E-state index in [1.54, 1.807) is 36.2 Å². The second-order valence-electron chi connectivity index (χ2n) is 14.0. The Balaban J connectivity index is 1.54. The van der Waals surface area contributed by atoms with Gasteiger partial charge >= 0.3 is 0 Å². The summed E-state index contributed by atoms with van der Waals surface area (Å²) in [4.78, 5) is 69.8. The fourth-order valence-corrected chi connectivity index (χ4v) is 6.20. The van der Waals surface area contributed by atoms with E-state index in [1.807, 2.05) is 74.5 Å². The van der Waals surface area contributed by atoms with E-state index in [9.17, 15) is 24.0 Å². The molecule has 0 radical (unpaired) electrons. The molecule has 0 fully saturated rings. The number of para-hydroxylation sites is 2. The van der Waals surface area contributed by atoms with Gasteiger partial charge in [0.05, 0.1) is 18.7 Å². The van der Waals surface area contributed by atoms with E-state index in [1.165, 1.54) is 0 Å². The average molecular weight is 742 g/mol. The van der Waals surface area contributed by atoms with Gasteiger partial charge in [-0.2, -0.15) is 0 Å². The Kier molecular flexibility index (Phi) is 16.8. The van der Waals surface area contributed by atoms with Gasteiger partial charge in [0.1, 0.15) is 36.2 Å². The van der Waals surface area contributed by atoms with Crippen molar-refractivity contribution in [3.63, 3.8) is 0 Å². The lowest BCUT2D eigenvalue weighted by Crippen LogP contribution is -2.55. The van der Waals surface area contributed by atoms with Crippen LogP contribution in [0.4, 0.5) is 0 Å². The standard InChI is InChI=1S/C42H55N5O7/c1-30(2)28-35-41(51)46-36(29-31-16-8-6-9-17-31)42(52)47(3)25-14-4-5-15-26-54-37-21-13-12-20-33(37)39(49)45-34(22-23-38(48)44-35)40(50)43-24-27-53-32-18-10-7-11-19-32/h6-13,16-21,30,34-36H,4-5,14-15,22-29H2,1-3H3,(H,43,50)(H,44,48)(H,45,49)(H,46,51)/t34-,35-,36-/m0/s1. The molecule has 54 heavy (non-hydrogen) atoms. The van der Waals surface area contributed by atoms with Crippen LogP contribution in [-0.2, 0) is 25.6 Å². The number of ether oxygens (including phenoxy) is 2. The molecule has 290 valence electrons. The Hall–Kier alpha value is -5.39. The summed E-state index contributed by atoms with van der Waals surface area (Å²) in [6, 6.07) is 22.7. The Morgan fingerprint density at radius 2 is 1.54 bits per heavy atom. The van der Waals surface area contributed by atoms with Crippen LogP contribution in [0, 0.1) is 5.92 Å². The summed E-state index contributed by atoms with van der Waals surface area (Å²) >= 11 is 0. The topological polar surface area (TPSA) is 155 Å². The second kappa shape index (κ2) is 22.0. The highest BCUT2D eigenvalue weighted by Crippen LogP contribution is 2.20. The van der Waals surface area contributed by atoms with Crippen LogP contribution in [0.3, 0.4) is 0 Å². The van der Waals surface area contributed by atoms with E-state index in [-0.39, 0.29) is 43.4 Å². The summed E-state index contributed by atoms with van der Waals surface area (Å²) < 4.78 is 11.7. The molecular formula is C42H55N5O7. The maximum Gasteiger partial charge on any atom is 0.255 e. The molecule has 1 aliphatic rings. The third kappa shape index (κ3) is 13.9. The lowest BCUT2D eigenvalue weighted by Gasteiger charge is -2.28. The molecule has 1 aliphatic heterocycles. The van der Waals surface area contributed by atoms with Crippen molar-refractivity contribution in [1.82, 2.24) is 26.2 Å². The number of rotatable bonds is 9. The van der Waals surface area contributed by atoms with Crippen LogP contribution in [0.1, 0.15) is 74.7 Å². The van der Waals surface area contributed by atoms with Crippen LogP contribution in [0.15, 0.2) is 84.9 Å². The fourth-order valence-electron chi connectivity index (χ4n) is 6.20. The molecule has 12 heteroatoms. The second-order valence-corrected chi connectivity index (χ2v) is 14.0. The van der Waals surface area contributed by atoms with E-state index in [0.29, 0.717) is 37.5 Å². The normalized spacial score (nSPS) is 19.9. The maximum absolute atomic E-state index is 13.8. The molecule has 0 saturated carbocycles. The number of likely N-dealkylation sites (N-methyl/N-ethyl adjacent to an activating group) is 1. The molecular weight excluding hydrogens is 686 g/mol. The average Bonchev–Trinajstić information content (AvgIpc) is 3.17. The third-order valence-electron chi connectivity index (χ3n) is 9.10. The highest BCUT2D eigenvalue weighted by atomic mass is 16.5. The lowest BCUT2D eigenvalue weighted by atomic mass is 10.0. The Bertz CT molecular complexity index is 1650. The van der Waals surface area contributed by atoms with Crippen molar-refractivity contribution in [3.8, 4) is 11.5 Å². The first kappa shape index (κ1) is 41.4. The number of benzene rings is 3. The van der Waals surface area contributed by atoms with Crippen LogP contribution in [0.2, 0.25) is 0 Å². The minimum absolute atomic E-state index is 0.0398. The number of fused-ring (bicyclic) bond motifs is 1. The molecule has 3 aromatic rings. The molecule has 4 N–H and O–H groups in total. The summed E-state index contributed by atoms with van der Waals surface area (Å²) in [7, 11) is 1.74. The van der Waals surface area contributed by atoms with E-state index in [4.69, 9.17) is 9.47 Å². The van der Waals surface area contributed by atoms with Crippen molar-refractivity contribution in [2.24, 2.45) is 5.92 Å². The first-order chi connectivity index (χ1) is 26.1. The molecule has 0 unspecified atom stereocenters. The molecule has 0 aromatic heterocycles. The number of nitrogens with zero attached hydrogens (tertiary/aromatic N) is 1. The van der Waals surface area contributed by atoms with Crippen molar-refractivity contribution in [1.29, 1.82) is 0 Å². The Morgan fingerprint density at radius 3 is 2.28 bits per heavy atom. The molecule has 0 spiro atoms. The Labute approximate surface area is 318 Å². The fraction of sp³-hybridized carbons (Fsp3) is 0.452. The SMILES string of the molecule is CC(C)C[C@@H]1NC(=O)CC[C@@H](C(=O)NCCOc2ccccc2)NC(=O)c2ccccc2OCCCCCCN(C)C(=O)[C@H](Cc2ccccc2)NC1=O.